The Balaban J connectivity index is 2.64. The van der Waals surface area contributed by atoms with E-state index in [1.807, 2.05) is 0 Å². The minimum Gasteiger partial charge on any atom is -0.392 e. The summed E-state index contributed by atoms with van der Waals surface area (Å²) in [7, 11) is 0. The Morgan fingerprint density at radius 1 is 1.50 bits per heavy atom. The third-order valence-corrected chi connectivity index (χ3v) is 2.21. The molecule has 0 radical (unpaired) electrons. The number of pyridine rings is 1. The molecule has 0 spiro atoms. The number of hydrogen-bond donors (Lipinski definition) is 2. The Morgan fingerprint density at radius 3 is 2.93 bits per heavy atom. The van der Waals surface area contributed by atoms with Crippen LogP contribution in [0.1, 0.15) is 31.2 Å². The molecule has 2 aromatic rings. The van der Waals surface area contributed by atoms with E-state index >= 15 is 0 Å². The van der Waals surface area contributed by atoms with E-state index in [2.05, 4.69) is 28.8 Å². The maximum Gasteiger partial charge on any atom is 0.178 e. The first kappa shape index (κ1) is 9.15. The number of fused-ring (bicyclic) bond motifs is 1. The smallest absolute Gasteiger partial charge is 0.178 e. The summed E-state index contributed by atoms with van der Waals surface area (Å²) in [5, 5.41) is 9.11. The van der Waals surface area contributed by atoms with Gasteiger partial charge in [0.2, 0.25) is 0 Å². The van der Waals surface area contributed by atoms with Crippen LogP contribution in [0.5, 0.6) is 0 Å². The topological polar surface area (TPSA) is 61.8 Å². The number of aromatic amines is 1. The number of aromatic nitrogens is 3. The average molecular weight is 191 g/mol. The van der Waals surface area contributed by atoms with E-state index in [4.69, 9.17) is 5.11 Å². The van der Waals surface area contributed by atoms with Crippen molar-refractivity contribution in [2.45, 2.75) is 26.4 Å². The van der Waals surface area contributed by atoms with Crippen LogP contribution >= 0.6 is 0 Å². The highest BCUT2D eigenvalue weighted by molar-refractivity contribution is 5.74. The van der Waals surface area contributed by atoms with Crippen LogP contribution in [0.3, 0.4) is 0 Å². The first-order valence-electron chi connectivity index (χ1n) is 4.66. The van der Waals surface area contributed by atoms with Crippen LogP contribution in [0.2, 0.25) is 0 Å². The third-order valence-electron chi connectivity index (χ3n) is 2.21. The highest BCUT2D eigenvalue weighted by atomic mass is 16.3. The van der Waals surface area contributed by atoms with E-state index in [1.54, 1.807) is 12.3 Å². The first-order chi connectivity index (χ1) is 6.72. The van der Waals surface area contributed by atoms with Crippen LogP contribution in [0.15, 0.2) is 12.3 Å². The summed E-state index contributed by atoms with van der Waals surface area (Å²) < 4.78 is 0. The van der Waals surface area contributed by atoms with Crippen molar-refractivity contribution in [1.82, 2.24) is 15.0 Å². The predicted octanol–water partition coefficient (Wildman–Crippen LogP) is 1.57. The minimum atomic E-state index is 0.0126. The van der Waals surface area contributed by atoms with Crippen molar-refractivity contribution in [3.8, 4) is 0 Å². The SMILES string of the molecule is CC(C)c1nc2nccc(CO)c2[nH]1. The van der Waals surface area contributed by atoms with E-state index in [0.29, 0.717) is 11.6 Å². The van der Waals surface area contributed by atoms with E-state index in [0.717, 1.165) is 16.9 Å². The van der Waals surface area contributed by atoms with Crippen LogP contribution in [-0.2, 0) is 6.61 Å². The lowest BCUT2D eigenvalue weighted by Gasteiger charge is -1.97. The second kappa shape index (κ2) is 3.38. The van der Waals surface area contributed by atoms with Crippen LogP contribution in [-0.4, -0.2) is 20.1 Å². The molecule has 0 fully saturated rings. The van der Waals surface area contributed by atoms with Crippen LogP contribution in [0, 0.1) is 0 Å². The second-order valence-corrected chi connectivity index (χ2v) is 3.60. The fourth-order valence-corrected chi connectivity index (χ4v) is 1.39. The molecule has 0 saturated heterocycles. The highest BCUT2D eigenvalue weighted by Gasteiger charge is 2.09. The monoisotopic (exact) mass is 191 g/mol. The molecule has 0 aromatic carbocycles. The highest BCUT2D eigenvalue weighted by Crippen LogP contribution is 2.18. The number of aliphatic hydroxyl groups excluding tert-OH is 1. The fourth-order valence-electron chi connectivity index (χ4n) is 1.39. The van der Waals surface area contributed by atoms with Gasteiger partial charge in [0.15, 0.2) is 5.65 Å². The number of nitrogens with zero attached hydrogens (tertiary/aromatic N) is 2. The van der Waals surface area contributed by atoms with Gasteiger partial charge in [0.05, 0.1) is 12.1 Å². The van der Waals surface area contributed by atoms with E-state index < -0.39 is 0 Å². The molecule has 0 bridgehead atoms. The van der Waals surface area contributed by atoms with Crippen molar-refractivity contribution in [1.29, 1.82) is 0 Å². The van der Waals surface area contributed by atoms with Gasteiger partial charge in [0.1, 0.15) is 5.82 Å². The summed E-state index contributed by atoms with van der Waals surface area (Å²) in [4.78, 5) is 11.7. The van der Waals surface area contributed by atoms with E-state index in [9.17, 15) is 0 Å². The molecule has 74 valence electrons. The van der Waals surface area contributed by atoms with Crippen molar-refractivity contribution in [3.05, 3.63) is 23.7 Å². The zero-order valence-electron chi connectivity index (χ0n) is 8.28. The van der Waals surface area contributed by atoms with E-state index in [-0.39, 0.29) is 6.61 Å². The van der Waals surface area contributed by atoms with E-state index in [1.165, 1.54) is 0 Å². The lowest BCUT2D eigenvalue weighted by molar-refractivity contribution is 0.283. The lowest BCUT2D eigenvalue weighted by Crippen LogP contribution is -1.89. The van der Waals surface area contributed by atoms with Crippen LogP contribution in [0.4, 0.5) is 0 Å². The number of aliphatic hydroxyl groups is 1. The third kappa shape index (κ3) is 1.37. The molecule has 0 aliphatic carbocycles. The minimum absolute atomic E-state index is 0.0126. The molecule has 4 heteroatoms. The van der Waals surface area contributed by atoms with Crippen LogP contribution in [0.25, 0.3) is 11.2 Å². The van der Waals surface area contributed by atoms with Gasteiger partial charge in [0.25, 0.3) is 0 Å². The molecule has 14 heavy (non-hydrogen) atoms. The molecular weight excluding hydrogens is 178 g/mol. The van der Waals surface area contributed by atoms with Gasteiger partial charge in [-0.05, 0) is 6.07 Å². The Labute approximate surface area is 82.0 Å². The van der Waals surface area contributed by atoms with Gasteiger partial charge in [-0.3, -0.25) is 0 Å². The quantitative estimate of drug-likeness (QED) is 0.757. The molecular formula is C10H13N3O. The standard InChI is InChI=1S/C10H13N3O/c1-6(2)9-12-8-7(5-14)3-4-11-10(8)13-9/h3-4,6,14H,5H2,1-2H3,(H,11,12,13). The van der Waals surface area contributed by atoms with Crippen molar-refractivity contribution < 1.29 is 5.11 Å². The number of rotatable bonds is 2. The zero-order valence-corrected chi connectivity index (χ0v) is 8.28. The zero-order chi connectivity index (χ0) is 10.1. The normalized spacial score (nSPS) is 11.4. The molecule has 0 atom stereocenters. The van der Waals surface area contributed by atoms with Crippen LogP contribution < -0.4 is 0 Å². The summed E-state index contributed by atoms with van der Waals surface area (Å²) in [6.45, 7) is 4.14. The molecule has 2 rings (SSSR count). The van der Waals surface area contributed by atoms with Crippen molar-refractivity contribution in [2.24, 2.45) is 0 Å². The van der Waals surface area contributed by atoms with Gasteiger partial charge >= 0.3 is 0 Å². The van der Waals surface area contributed by atoms with Gasteiger partial charge < -0.3 is 10.1 Å². The number of nitrogens with one attached hydrogen (secondary N) is 1. The summed E-state index contributed by atoms with van der Waals surface area (Å²) in [5.74, 6) is 1.25. The first-order valence-corrected chi connectivity index (χ1v) is 4.66. The summed E-state index contributed by atoms with van der Waals surface area (Å²) in [5.41, 5.74) is 2.37. The van der Waals surface area contributed by atoms with Gasteiger partial charge in [-0.15, -0.1) is 0 Å². The molecule has 2 heterocycles. The molecule has 0 unspecified atom stereocenters. The average Bonchev–Trinajstić information content (AvgIpc) is 2.60. The molecule has 0 amide bonds. The molecule has 0 aliphatic heterocycles. The Morgan fingerprint density at radius 2 is 2.29 bits per heavy atom. The van der Waals surface area contributed by atoms with Gasteiger partial charge in [0, 0.05) is 17.7 Å². The fraction of sp³-hybridized carbons (Fsp3) is 0.400. The number of H-pyrrole nitrogens is 1. The van der Waals surface area contributed by atoms with Gasteiger partial charge in [-0.25, -0.2) is 9.97 Å². The lowest BCUT2D eigenvalue weighted by atomic mass is 10.2. The summed E-state index contributed by atoms with van der Waals surface area (Å²) in [6, 6.07) is 1.80. The Hall–Kier alpha value is -1.42. The second-order valence-electron chi connectivity index (χ2n) is 3.60. The summed E-state index contributed by atoms with van der Waals surface area (Å²) in [6.07, 6.45) is 1.67. The molecule has 2 aromatic heterocycles. The molecule has 0 saturated carbocycles. The van der Waals surface area contributed by atoms with Gasteiger partial charge in [-0.2, -0.15) is 0 Å². The summed E-state index contributed by atoms with van der Waals surface area (Å²) >= 11 is 0. The van der Waals surface area contributed by atoms with Gasteiger partial charge in [-0.1, -0.05) is 13.8 Å². The number of hydrogen-bond acceptors (Lipinski definition) is 3. The molecule has 2 N–H and O–H groups in total. The molecule has 4 nitrogen and oxygen atoms in total. The maximum atomic E-state index is 9.11. The number of imidazole rings is 1. The molecule has 0 aliphatic rings. The Kier molecular flexibility index (Phi) is 2.21. The van der Waals surface area contributed by atoms with Crippen molar-refractivity contribution in [2.75, 3.05) is 0 Å². The van der Waals surface area contributed by atoms with Crippen molar-refractivity contribution in [3.63, 3.8) is 0 Å². The predicted molar refractivity (Wildman–Crippen MR) is 53.9 cm³/mol. The maximum absolute atomic E-state index is 9.11. The van der Waals surface area contributed by atoms with Crippen molar-refractivity contribution >= 4 is 11.2 Å². The largest absolute Gasteiger partial charge is 0.392 e. The Bertz CT molecular complexity index is 448.